The minimum absolute atomic E-state index is 0.340. The minimum atomic E-state index is -0.340. The molecule has 0 aliphatic heterocycles. The maximum atomic E-state index is 10.8. The quantitative estimate of drug-likeness (QED) is 0.586. The Hall–Kier alpha value is -1.86. The van der Waals surface area contributed by atoms with Gasteiger partial charge in [0.2, 0.25) is 6.08 Å². The van der Waals surface area contributed by atoms with Crippen LogP contribution in [0.25, 0.3) is 10.9 Å². The number of aryl methyl sites for hydroxylation is 1. The van der Waals surface area contributed by atoms with Gasteiger partial charge < -0.3 is 4.57 Å². The Kier molecular flexibility index (Phi) is 2.57. The van der Waals surface area contributed by atoms with Crippen LogP contribution in [-0.4, -0.2) is 10.6 Å². The van der Waals surface area contributed by atoms with E-state index in [0.29, 0.717) is 0 Å². The van der Waals surface area contributed by atoms with E-state index in [2.05, 4.69) is 40.0 Å². The molecule has 0 unspecified atom stereocenters. The van der Waals surface area contributed by atoms with Crippen molar-refractivity contribution in [3.63, 3.8) is 0 Å². The summed E-state index contributed by atoms with van der Waals surface area (Å²) < 4.78 is 2.12. The van der Waals surface area contributed by atoms with Crippen molar-refractivity contribution < 1.29 is 4.79 Å². The normalized spacial score (nSPS) is 17.8. The summed E-state index contributed by atoms with van der Waals surface area (Å²) in [6.45, 7) is 0. The topological polar surface area (TPSA) is 34.4 Å². The number of aliphatic imine (C=N–C) groups is 1. The van der Waals surface area contributed by atoms with Gasteiger partial charge in [0.05, 0.1) is 5.52 Å². The maximum Gasteiger partial charge on any atom is 0.235 e. The van der Waals surface area contributed by atoms with E-state index in [1.165, 1.54) is 16.5 Å². The first-order chi connectivity index (χ1) is 8.77. The number of hydrogen-bond acceptors (Lipinski definition) is 2. The van der Waals surface area contributed by atoms with Crippen LogP contribution in [0.3, 0.4) is 0 Å². The predicted octanol–water partition coefficient (Wildman–Crippen LogP) is 3.28. The van der Waals surface area contributed by atoms with Gasteiger partial charge in [-0.1, -0.05) is 31.0 Å². The predicted molar refractivity (Wildman–Crippen MR) is 71.2 cm³/mol. The van der Waals surface area contributed by atoms with Gasteiger partial charge >= 0.3 is 0 Å². The first-order valence-electron chi connectivity index (χ1n) is 6.40. The van der Waals surface area contributed by atoms with Crippen LogP contribution in [0.1, 0.15) is 31.2 Å². The number of para-hydroxylation sites is 1. The molecule has 1 aromatic carbocycles. The van der Waals surface area contributed by atoms with Crippen molar-refractivity contribution >= 4 is 17.0 Å². The third kappa shape index (κ3) is 1.52. The van der Waals surface area contributed by atoms with Crippen molar-refractivity contribution in [2.45, 2.75) is 31.2 Å². The molecule has 1 saturated carbocycles. The molecule has 18 heavy (non-hydrogen) atoms. The Morgan fingerprint density at radius 1 is 1.28 bits per heavy atom. The molecule has 1 aliphatic rings. The lowest BCUT2D eigenvalue weighted by atomic mass is 9.87. The van der Waals surface area contributed by atoms with Gasteiger partial charge in [0.25, 0.3) is 0 Å². The molecule has 1 aromatic heterocycles. The lowest BCUT2D eigenvalue weighted by Crippen LogP contribution is -2.20. The summed E-state index contributed by atoms with van der Waals surface area (Å²) >= 11 is 0. The summed E-state index contributed by atoms with van der Waals surface area (Å²) in [5.41, 5.74) is 2.03. The van der Waals surface area contributed by atoms with E-state index in [9.17, 15) is 4.79 Å². The van der Waals surface area contributed by atoms with Crippen LogP contribution in [0, 0.1) is 0 Å². The zero-order chi connectivity index (χ0) is 12.6. The van der Waals surface area contributed by atoms with E-state index in [1.807, 2.05) is 7.05 Å². The van der Waals surface area contributed by atoms with E-state index >= 15 is 0 Å². The molecule has 1 fully saturated rings. The minimum Gasteiger partial charge on any atom is -0.350 e. The number of hydrogen-bond donors (Lipinski definition) is 0. The average molecular weight is 240 g/mol. The average Bonchev–Trinajstić information content (AvgIpc) is 2.98. The Balaban J connectivity index is 2.29. The second kappa shape index (κ2) is 4.11. The summed E-state index contributed by atoms with van der Waals surface area (Å²) in [7, 11) is 2.04. The van der Waals surface area contributed by atoms with Gasteiger partial charge in [-0.15, -0.1) is 0 Å². The molecule has 0 spiro atoms. The Morgan fingerprint density at radius 3 is 2.78 bits per heavy atom. The number of benzene rings is 1. The van der Waals surface area contributed by atoms with Crippen LogP contribution in [0.15, 0.2) is 35.5 Å². The number of carbonyl (C=O) groups excluding carboxylic acids is 1. The molecule has 1 heterocycles. The van der Waals surface area contributed by atoms with Gasteiger partial charge in [-0.05, 0) is 24.3 Å². The van der Waals surface area contributed by atoms with Crippen molar-refractivity contribution in [2.75, 3.05) is 0 Å². The van der Waals surface area contributed by atoms with E-state index < -0.39 is 0 Å². The van der Waals surface area contributed by atoms with Crippen LogP contribution in [-0.2, 0) is 17.4 Å². The van der Waals surface area contributed by atoms with Crippen LogP contribution >= 0.6 is 0 Å². The smallest absolute Gasteiger partial charge is 0.235 e. The van der Waals surface area contributed by atoms with Gasteiger partial charge in [0, 0.05) is 18.8 Å². The first kappa shape index (κ1) is 11.2. The molecule has 0 radical (unpaired) electrons. The number of nitrogens with zero attached hydrogens (tertiary/aromatic N) is 2. The van der Waals surface area contributed by atoms with Crippen LogP contribution in [0.5, 0.6) is 0 Å². The molecule has 0 amide bonds. The zero-order valence-corrected chi connectivity index (χ0v) is 10.5. The van der Waals surface area contributed by atoms with E-state index in [-0.39, 0.29) is 5.54 Å². The second-order valence-electron chi connectivity index (χ2n) is 5.11. The fourth-order valence-corrected chi connectivity index (χ4v) is 3.22. The molecule has 1 aliphatic carbocycles. The molecule has 3 heteroatoms. The number of fused-ring (bicyclic) bond motifs is 1. The fraction of sp³-hybridized carbons (Fsp3) is 0.400. The highest BCUT2D eigenvalue weighted by Crippen LogP contribution is 2.44. The summed E-state index contributed by atoms with van der Waals surface area (Å²) in [4.78, 5) is 15.0. The fourth-order valence-electron chi connectivity index (χ4n) is 3.22. The SMILES string of the molecule is Cn1ccc2cccc(C3(N=C=O)CCCC3)c21. The lowest BCUT2D eigenvalue weighted by Gasteiger charge is -2.24. The Labute approximate surface area is 106 Å². The van der Waals surface area contributed by atoms with Gasteiger partial charge in [-0.2, -0.15) is 4.99 Å². The molecule has 0 saturated heterocycles. The molecule has 3 rings (SSSR count). The summed E-state index contributed by atoms with van der Waals surface area (Å²) in [5.74, 6) is 0. The van der Waals surface area contributed by atoms with Gasteiger partial charge in [-0.25, -0.2) is 4.79 Å². The van der Waals surface area contributed by atoms with Crippen molar-refractivity contribution in [1.82, 2.24) is 4.57 Å². The third-order valence-corrected chi connectivity index (χ3v) is 4.09. The largest absolute Gasteiger partial charge is 0.350 e. The molecule has 0 N–H and O–H groups in total. The van der Waals surface area contributed by atoms with Crippen LogP contribution in [0.2, 0.25) is 0 Å². The third-order valence-electron chi connectivity index (χ3n) is 4.09. The Morgan fingerprint density at radius 2 is 2.06 bits per heavy atom. The molecular formula is C15H16N2O. The zero-order valence-electron chi connectivity index (χ0n) is 10.5. The number of isocyanates is 1. The number of rotatable bonds is 2. The van der Waals surface area contributed by atoms with E-state index in [1.54, 1.807) is 6.08 Å². The monoisotopic (exact) mass is 240 g/mol. The van der Waals surface area contributed by atoms with Gasteiger partial charge in [0.1, 0.15) is 5.54 Å². The summed E-state index contributed by atoms with van der Waals surface area (Å²) in [5, 5.41) is 1.21. The van der Waals surface area contributed by atoms with E-state index in [4.69, 9.17) is 0 Å². The second-order valence-corrected chi connectivity index (χ2v) is 5.11. The summed E-state index contributed by atoms with van der Waals surface area (Å²) in [6, 6.07) is 8.37. The Bertz CT molecular complexity index is 629. The molecule has 92 valence electrons. The maximum absolute atomic E-state index is 10.8. The highest BCUT2D eigenvalue weighted by Gasteiger charge is 2.37. The summed E-state index contributed by atoms with van der Waals surface area (Å²) in [6.07, 6.45) is 8.01. The van der Waals surface area contributed by atoms with Gasteiger partial charge in [-0.3, -0.25) is 0 Å². The van der Waals surface area contributed by atoms with Crippen molar-refractivity contribution in [3.05, 3.63) is 36.0 Å². The van der Waals surface area contributed by atoms with Crippen molar-refractivity contribution in [1.29, 1.82) is 0 Å². The first-order valence-corrected chi connectivity index (χ1v) is 6.40. The number of aromatic nitrogens is 1. The molecular weight excluding hydrogens is 224 g/mol. The highest BCUT2D eigenvalue weighted by atomic mass is 16.1. The highest BCUT2D eigenvalue weighted by molar-refractivity contribution is 5.84. The molecule has 2 aromatic rings. The standard InChI is InChI=1S/C15H16N2O/c1-17-10-7-12-5-4-6-13(14(12)17)15(16-11-18)8-2-3-9-15/h4-7,10H,2-3,8-9H2,1H3. The van der Waals surface area contributed by atoms with Gasteiger partial charge in [0.15, 0.2) is 0 Å². The molecule has 3 nitrogen and oxygen atoms in total. The lowest BCUT2D eigenvalue weighted by molar-refractivity contribution is 0.458. The molecule has 0 atom stereocenters. The van der Waals surface area contributed by atoms with Crippen LogP contribution < -0.4 is 0 Å². The molecule has 0 bridgehead atoms. The van der Waals surface area contributed by atoms with Crippen molar-refractivity contribution in [2.24, 2.45) is 12.0 Å². The van der Waals surface area contributed by atoms with Crippen molar-refractivity contribution in [3.8, 4) is 0 Å². The van der Waals surface area contributed by atoms with Crippen LogP contribution in [0.4, 0.5) is 0 Å². The van der Waals surface area contributed by atoms with E-state index in [0.717, 1.165) is 25.7 Å².